The highest BCUT2D eigenvalue weighted by Gasteiger charge is 2.17. The van der Waals surface area contributed by atoms with Crippen LogP contribution in [-0.4, -0.2) is 47.8 Å². The predicted molar refractivity (Wildman–Crippen MR) is 110 cm³/mol. The van der Waals surface area contributed by atoms with Gasteiger partial charge in [-0.05, 0) is 36.1 Å². The van der Waals surface area contributed by atoms with E-state index in [4.69, 9.17) is 20.8 Å². The van der Waals surface area contributed by atoms with Crippen LogP contribution in [0.15, 0.2) is 40.1 Å². The Hall–Kier alpha value is -2.26. The Labute approximate surface area is 172 Å². The number of amides is 1. The van der Waals surface area contributed by atoms with Gasteiger partial charge in [0.1, 0.15) is 0 Å². The van der Waals surface area contributed by atoms with Gasteiger partial charge in [0.2, 0.25) is 11.8 Å². The molecule has 2 heterocycles. The molecule has 2 aromatic heterocycles. The molecule has 0 saturated heterocycles. The van der Waals surface area contributed by atoms with E-state index >= 15 is 0 Å². The maximum absolute atomic E-state index is 12.5. The fourth-order valence-electron chi connectivity index (χ4n) is 2.56. The number of hydrogen-bond acceptors (Lipinski definition) is 7. The second-order valence-corrected chi connectivity index (χ2v) is 7.57. The Morgan fingerprint density at radius 2 is 2.21 bits per heavy atom. The molecule has 148 valence electrons. The van der Waals surface area contributed by atoms with Crippen LogP contribution in [0.3, 0.4) is 0 Å². The van der Waals surface area contributed by atoms with Gasteiger partial charge in [-0.25, -0.2) is 0 Å². The average molecular weight is 421 g/mol. The van der Waals surface area contributed by atoms with Gasteiger partial charge in [-0.2, -0.15) is 0 Å². The van der Waals surface area contributed by atoms with Crippen molar-refractivity contribution in [3.8, 4) is 10.8 Å². The number of rotatable bonds is 9. The van der Waals surface area contributed by atoms with Gasteiger partial charge in [0.25, 0.3) is 5.89 Å². The molecule has 0 bridgehead atoms. The topological polar surface area (TPSA) is 80.5 Å². The van der Waals surface area contributed by atoms with Gasteiger partial charge in [0, 0.05) is 24.4 Å². The monoisotopic (exact) mass is 420 g/mol. The van der Waals surface area contributed by atoms with Crippen LogP contribution in [0.4, 0.5) is 5.69 Å². The lowest BCUT2D eigenvalue weighted by Gasteiger charge is -2.20. The largest absolute Gasteiger partial charge is 0.419 e. The molecule has 3 aromatic rings. The number of anilines is 1. The van der Waals surface area contributed by atoms with Gasteiger partial charge in [0.05, 0.1) is 24.6 Å². The summed E-state index contributed by atoms with van der Waals surface area (Å²) in [5.41, 5.74) is 1.64. The summed E-state index contributed by atoms with van der Waals surface area (Å²) in [5.74, 6) is 0.779. The summed E-state index contributed by atoms with van der Waals surface area (Å²) in [6.07, 6.45) is 0. The summed E-state index contributed by atoms with van der Waals surface area (Å²) in [4.78, 5) is 15.3. The molecule has 3 rings (SSSR count). The van der Waals surface area contributed by atoms with E-state index in [0.29, 0.717) is 42.2 Å². The fraction of sp³-hybridized carbons (Fsp3) is 0.316. The number of carbonyl (C=O) groups excluding carboxylic acids is 1. The highest BCUT2D eigenvalue weighted by molar-refractivity contribution is 7.13. The van der Waals surface area contributed by atoms with Gasteiger partial charge in [-0.15, -0.1) is 21.5 Å². The van der Waals surface area contributed by atoms with Gasteiger partial charge >= 0.3 is 0 Å². The van der Waals surface area contributed by atoms with Crippen molar-refractivity contribution in [2.45, 2.75) is 13.5 Å². The average Bonchev–Trinajstić information content (AvgIpc) is 3.34. The molecular weight excluding hydrogens is 400 g/mol. The zero-order valence-electron chi connectivity index (χ0n) is 15.6. The highest BCUT2D eigenvalue weighted by Crippen LogP contribution is 2.23. The molecule has 1 N–H and O–H groups in total. The molecule has 1 aromatic carbocycles. The third-order valence-corrected chi connectivity index (χ3v) is 5.10. The molecule has 1 amide bonds. The van der Waals surface area contributed by atoms with Gasteiger partial charge < -0.3 is 14.5 Å². The lowest BCUT2D eigenvalue weighted by molar-refractivity contribution is -0.117. The summed E-state index contributed by atoms with van der Waals surface area (Å²) in [6, 6.07) is 9.24. The number of nitrogens with one attached hydrogen (secondary N) is 1. The van der Waals surface area contributed by atoms with Crippen LogP contribution in [-0.2, 0) is 16.1 Å². The number of hydrogen-bond donors (Lipinski definition) is 1. The maximum atomic E-state index is 12.5. The van der Waals surface area contributed by atoms with Gasteiger partial charge in [-0.3, -0.25) is 9.69 Å². The van der Waals surface area contributed by atoms with E-state index in [-0.39, 0.29) is 12.5 Å². The molecule has 0 aliphatic carbocycles. The Morgan fingerprint density at radius 3 is 2.96 bits per heavy atom. The molecule has 28 heavy (non-hydrogen) atoms. The molecule has 7 nitrogen and oxygen atoms in total. The number of nitrogens with zero attached hydrogens (tertiary/aromatic N) is 3. The van der Waals surface area contributed by atoms with E-state index < -0.39 is 0 Å². The molecule has 0 atom stereocenters. The third kappa shape index (κ3) is 5.62. The highest BCUT2D eigenvalue weighted by atomic mass is 35.5. The van der Waals surface area contributed by atoms with E-state index in [1.165, 1.54) is 11.3 Å². The first kappa shape index (κ1) is 20.5. The molecule has 0 spiro atoms. The zero-order chi connectivity index (χ0) is 19.9. The van der Waals surface area contributed by atoms with Gasteiger partial charge in [0.15, 0.2) is 0 Å². The summed E-state index contributed by atoms with van der Waals surface area (Å²) in [6.45, 7) is 3.46. The molecule has 0 aliphatic heterocycles. The number of benzene rings is 1. The smallest absolute Gasteiger partial charge is 0.257 e. The molecule has 0 saturated carbocycles. The first-order valence-corrected chi connectivity index (χ1v) is 9.94. The minimum absolute atomic E-state index is 0.153. The molecule has 0 aliphatic rings. The van der Waals surface area contributed by atoms with Gasteiger partial charge in [-0.1, -0.05) is 23.7 Å². The maximum Gasteiger partial charge on any atom is 0.257 e. The Kier molecular flexibility index (Phi) is 7.16. The van der Waals surface area contributed by atoms with Crippen molar-refractivity contribution in [1.29, 1.82) is 0 Å². The summed E-state index contributed by atoms with van der Waals surface area (Å²) < 4.78 is 10.9. The molecule has 0 radical (unpaired) electrons. The van der Waals surface area contributed by atoms with Crippen molar-refractivity contribution >= 4 is 34.5 Å². The van der Waals surface area contributed by atoms with Crippen molar-refractivity contribution in [1.82, 2.24) is 15.1 Å². The summed E-state index contributed by atoms with van der Waals surface area (Å²) in [5, 5.41) is 13.6. The standard InChI is InChI=1S/C19H21ClN4O3S/c1-13-5-6-14(20)10-15(13)21-17(25)11-24(7-8-26-2)12-18-22-23-19(27-18)16-4-3-9-28-16/h3-6,9-10H,7-8,11-12H2,1-2H3,(H,21,25). The van der Waals surface area contributed by atoms with Crippen LogP contribution >= 0.6 is 22.9 Å². The van der Waals surface area contributed by atoms with E-state index in [1.54, 1.807) is 19.2 Å². The third-order valence-electron chi connectivity index (χ3n) is 4.01. The van der Waals surface area contributed by atoms with Crippen LogP contribution in [0.2, 0.25) is 5.02 Å². The van der Waals surface area contributed by atoms with Crippen molar-refractivity contribution in [2.24, 2.45) is 0 Å². The normalized spacial score (nSPS) is 11.1. The number of ether oxygens (including phenoxy) is 1. The van der Waals surface area contributed by atoms with Crippen LogP contribution in [0.25, 0.3) is 10.8 Å². The van der Waals surface area contributed by atoms with E-state index in [2.05, 4.69) is 15.5 Å². The lowest BCUT2D eigenvalue weighted by atomic mass is 10.2. The molecule has 0 fully saturated rings. The second-order valence-electron chi connectivity index (χ2n) is 6.19. The minimum Gasteiger partial charge on any atom is -0.419 e. The number of thiophene rings is 1. The molecule has 0 unspecified atom stereocenters. The first-order valence-electron chi connectivity index (χ1n) is 8.68. The Balaban J connectivity index is 1.64. The number of carbonyl (C=O) groups is 1. The Bertz CT molecular complexity index is 914. The second kappa shape index (κ2) is 9.79. The zero-order valence-corrected chi connectivity index (χ0v) is 17.2. The lowest BCUT2D eigenvalue weighted by Crippen LogP contribution is -2.35. The number of aryl methyl sites for hydroxylation is 1. The molecular formula is C19H21ClN4O3S. The quantitative estimate of drug-likeness (QED) is 0.566. The van der Waals surface area contributed by atoms with Crippen LogP contribution in [0, 0.1) is 6.92 Å². The SMILES string of the molecule is COCCN(CC(=O)Nc1cc(Cl)ccc1C)Cc1nnc(-c2cccs2)o1. The predicted octanol–water partition coefficient (Wildman–Crippen LogP) is 3.85. The number of aromatic nitrogens is 2. The molecule has 9 heteroatoms. The minimum atomic E-state index is -0.153. The van der Waals surface area contributed by atoms with E-state index in [1.807, 2.05) is 35.4 Å². The first-order chi connectivity index (χ1) is 13.5. The van der Waals surface area contributed by atoms with Crippen LogP contribution in [0.5, 0.6) is 0 Å². The van der Waals surface area contributed by atoms with E-state index in [0.717, 1.165) is 10.4 Å². The van der Waals surface area contributed by atoms with E-state index in [9.17, 15) is 4.79 Å². The summed E-state index contributed by atoms with van der Waals surface area (Å²) in [7, 11) is 1.62. The van der Waals surface area contributed by atoms with Crippen LogP contribution < -0.4 is 5.32 Å². The van der Waals surface area contributed by atoms with Crippen molar-refractivity contribution < 1.29 is 13.9 Å². The number of methoxy groups -OCH3 is 1. The number of halogens is 1. The van der Waals surface area contributed by atoms with Crippen molar-refractivity contribution in [2.75, 3.05) is 32.1 Å². The summed E-state index contributed by atoms with van der Waals surface area (Å²) >= 11 is 7.55. The van der Waals surface area contributed by atoms with Crippen LogP contribution in [0.1, 0.15) is 11.5 Å². The van der Waals surface area contributed by atoms with Crippen molar-refractivity contribution in [3.63, 3.8) is 0 Å². The van der Waals surface area contributed by atoms with Crippen molar-refractivity contribution in [3.05, 3.63) is 52.2 Å². The fourth-order valence-corrected chi connectivity index (χ4v) is 3.38. The Morgan fingerprint density at radius 1 is 1.36 bits per heavy atom.